The zero-order valence-corrected chi connectivity index (χ0v) is 11.7. The predicted molar refractivity (Wildman–Crippen MR) is 82.6 cm³/mol. The molecule has 0 amide bonds. The Morgan fingerprint density at radius 2 is 1.29 bits per heavy atom. The van der Waals surface area contributed by atoms with Crippen molar-refractivity contribution in [2.75, 3.05) is 13.5 Å². The van der Waals surface area contributed by atoms with Gasteiger partial charge in [-0.15, -0.1) is 0 Å². The molecule has 0 atom stereocenters. The third-order valence-electron chi connectivity index (χ3n) is 3.79. The summed E-state index contributed by atoms with van der Waals surface area (Å²) >= 11 is 0. The highest BCUT2D eigenvalue weighted by atomic mass is 16.5. The topological polar surface area (TPSA) is 42.5 Å². The summed E-state index contributed by atoms with van der Waals surface area (Å²) in [5.41, 5.74) is 4.78. The van der Waals surface area contributed by atoms with E-state index in [0.29, 0.717) is 13.5 Å². The minimum Gasteiger partial charge on any atom is -0.478 e. The maximum atomic E-state index is 5.55. The van der Waals surface area contributed by atoms with Crippen LogP contribution in [-0.4, -0.2) is 20.7 Å². The smallest absolute Gasteiger partial charge is 0.191 e. The van der Waals surface area contributed by atoms with Crippen LogP contribution < -0.4 is 31.0 Å². The molecular weight excluding hydrogens is 263 g/mol. The van der Waals surface area contributed by atoms with E-state index in [1.807, 2.05) is 12.1 Å². The summed E-state index contributed by atoms with van der Waals surface area (Å²) < 4.78 is 11.1. The van der Waals surface area contributed by atoms with Crippen molar-refractivity contribution in [3.63, 3.8) is 0 Å². The van der Waals surface area contributed by atoms with Crippen LogP contribution in [0.5, 0.6) is 11.5 Å². The van der Waals surface area contributed by atoms with Gasteiger partial charge in [0, 0.05) is 24.2 Å². The number of hydrogen-bond acceptors (Lipinski definition) is 4. The van der Waals surface area contributed by atoms with Crippen molar-refractivity contribution in [2.45, 2.75) is 13.1 Å². The summed E-state index contributed by atoms with van der Waals surface area (Å²) in [6.45, 7) is 2.90. The molecule has 0 fully saturated rings. The van der Waals surface area contributed by atoms with E-state index in [1.165, 1.54) is 22.1 Å². The second-order valence-electron chi connectivity index (χ2n) is 5.31. The van der Waals surface area contributed by atoms with E-state index in [9.17, 15) is 0 Å². The van der Waals surface area contributed by atoms with Crippen molar-refractivity contribution in [2.24, 2.45) is 0 Å². The van der Waals surface area contributed by atoms with Crippen molar-refractivity contribution in [1.82, 2.24) is 10.6 Å². The lowest BCUT2D eigenvalue weighted by atomic mass is 9.63. The fourth-order valence-corrected chi connectivity index (χ4v) is 2.76. The quantitative estimate of drug-likeness (QED) is 0.772. The molecule has 0 saturated heterocycles. The van der Waals surface area contributed by atoms with Gasteiger partial charge in [-0.25, -0.2) is 0 Å². The monoisotopic (exact) mass is 279 g/mol. The third-order valence-corrected chi connectivity index (χ3v) is 3.79. The van der Waals surface area contributed by atoms with E-state index in [-0.39, 0.29) is 0 Å². The normalized spacial score (nSPS) is 16.2. The lowest BCUT2D eigenvalue weighted by Gasteiger charge is -2.20. The summed E-state index contributed by atoms with van der Waals surface area (Å²) in [7, 11) is 2.18. The summed E-state index contributed by atoms with van der Waals surface area (Å²) in [6.07, 6.45) is 0. The minimum absolute atomic E-state index is 0.591. The van der Waals surface area contributed by atoms with Gasteiger partial charge in [0.1, 0.15) is 25.0 Å². The molecule has 0 spiro atoms. The Morgan fingerprint density at radius 1 is 0.762 bits per heavy atom. The molecule has 2 aliphatic heterocycles. The van der Waals surface area contributed by atoms with Gasteiger partial charge in [-0.2, -0.15) is 0 Å². The molecule has 4 rings (SSSR count). The van der Waals surface area contributed by atoms with Gasteiger partial charge in [0.2, 0.25) is 0 Å². The Labute approximate surface area is 124 Å². The van der Waals surface area contributed by atoms with Crippen LogP contribution in [0.3, 0.4) is 0 Å². The molecule has 0 bridgehead atoms. The van der Waals surface area contributed by atoms with Crippen LogP contribution >= 0.6 is 0 Å². The SMILES string of the molecule is [B](c1ccc2c(c1)CNCO2)c1ccc2c(c1)CNCO2. The van der Waals surface area contributed by atoms with Gasteiger partial charge in [0.05, 0.1) is 0 Å². The second kappa shape index (κ2) is 5.43. The molecule has 0 saturated carbocycles. The van der Waals surface area contributed by atoms with Crippen LogP contribution in [0.15, 0.2) is 36.4 Å². The molecule has 1 radical (unpaired) electrons. The van der Waals surface area contributed by atoms with Crippen LogP contribution in [0.4, 0.5) is 0 Å². The van der Waals surface area contributed by atoms with Gasteiger partial charge in [-0.1, -0.05) is 35.2 Å². The van der Waals surface area contributed by atoms with Crippen molar-refractivity contribution in [3.8, 4) is 11.5 Å². The molecule has 21 heavy (non-hydrogen) atoms. The minimum atomic E-state index is 0.591. The van der Waals surface area contributed by atoms with Crippen LogP contribution in [0.2, 0.25) is 0 Å². The second-order valence-corrected chi connectivity index (χ2v) is 5.31. The first-order valence-electron chi connectivity index (χ1n) is 7.16. The molecular formula is C16H16BN2O2. The lowest BCUT2D eigenvalue weighted by molar-refractivity contribution is 0.257. The molecule has 105 valence electrons. The largest absolute Gasteiger partial charge is 0.478 e. The Bertz CT molecular complexity index is 618. The molecule has 0 unspecified atom stereocenters. The first kappa shape index (κ1) is 12.7. The van der Waals surface area contributed by atoms with Gasteiger partial charge in [-0.3, -0.25) is 10.6 Å². The Hall–Kier alpha value is -1.98. The van der Waals surface area contributed by atoms with Crippen molar-refractivity contribution >= 4 is 18.2 Å². The van der Waals surface area contributed by atoms with E-state index < -0.39 is 0 Å². The molecule has 0 aliphatic carbocycles. The highest BCUT2D eigenvalue weighted by Gasteiger charge is 2.13. The van der Waals surface area contributed by atoms with Crippen molar-refractivity contribution < 1.29 is 9.47 Å². The first-order chi connectivity index (χ1) is 10.4. The lowest BCUT2D eigenvalue weighted by Crippen LogP contribution is -2.32. The third kappa shape index (κ3) is 2.62. The fraction of sp³-hybridized carbons (Fsp3) is 0.250. The molecule has 2 aromatic carbocycles. The number of fused-ring (bicyclic) bond motifs is 2. The van der Waals surface area contributed by atoms with Crippen molar-refractivity contribution in [1.29, 1.82) is 0 Å². The Morgan fingerprint density at radius 3 is 1.81 bits per heavy atom. The first-order valence-corrected chi connectivity index (χ1v) is 7.16. The molecule has 2 aromatic rings. The highest BCUT2D eigenvalue weighted by molar-refractivity contribution is 6.67. The zero-order valence-electron chi connectivity index (χ0n) is 11.7. The van der Waals surface area contributed by atoms with E-state index in [0.717, 1.165) is 24.6 Å². The standard InChI is InChI=1S/C16H16BN2O2/c1-3-15-11(7-18-9-20-15)5-13(1)17-14-2-4-16-12(6-14)8-19-10-21-16/h1-6,18-19H,7-10H2. The number of ether oxygens (including phenoxy) is 2. The maximum Gasteiger partial charge on any atom is 0.191 e. The summed E-state index contributed by atoms with van der Waals surface area (Å²) in [5, 5.41) is 6.42. The summed E-state index contributed by atoms with van der Waals surface area (Å²) in [4.78, 5) is 0. The van der Waals surface area contributed by atoms with Gasteiger partial charge in [-0.05, 0) is 12.1 Å². The van der Waals surface area contributed by atoms with Gasteiger partial charge < -0.3 is 9.47 Å². The molecule has 0 aromatic heterocycles. The van der Waals surface area contributed by atoms with E-state index in [4.69, 9.17) is 9.47 Å². The fourth-order valence-electron chi connectivity index (χ4n) is 2.76. The number of nitrogens with one attached hydrogen (secondary N) is 2. The predicted octanol–water partition coefficient (Wildman–Crippen LogP) is 0.221. The average molecular weight is 279 g/mol. The number of hydrogen-bond donors (Lipinski definition) is 2. The van der Waals surface area contributed by atoms with Crippen LogP contribution in [0.1, 0.15) is 11.1 Å². The summed E-state index contributed by atoms with van der Waals surface area (Å²) in [5.74, 6) is 1.96. The molecule has 4 nitrogen and oxygen atoms in total. The number of rotatable bonds is 2. The Kier molecular flexibility index (Phi) is 3.29. The van der Waals surface area contributed by atoms with E-state index >= 15 is 0 Å². The van der Waals surface area contributed by atoms with Gasteiger partial charge in [0.15, 0.2) is 7.28 Å². The maximum absolute atomic E-state index is 5.55. The summed E-state index contributed by atoms with van der Waals surface area (Å²) in [6, 6.07) is 12.6. The van der Waals surface area contributed by atoms with Crippen LogP contribution in [-0.2, 0) is 13.1 Å². The van der Waals surface area contributed by atoms with Gasteiger partial charge >= 0.3 is 0 Å². The molecule has 2 aliphatic rings. The zero-order chi connectivity index (χ0) is 14.1. The van der Waals surface area contributed by atoms with E-state index in [1.54, 1.807) is 0 Å². The Balaban J connectivity index is 1.58. The number of benzene rings is 2. The van der Waals surface area contributed by atoms with Gasteiger partial charge in [0.25, 0.3) is 0 Å². The van der Waals surface area contributed by atoms with Crippen LogP contribution in [0, 0.1) is 0 Å². The van der Waals surface area contributed by atoms with E-state index in [2.05, 4.69) is 42.2 Å². The molecule has 5 heteroatoms. The average Bonchev–Trinajstić information content (AvgIpc) is 2.55. The molecule has 2 N–H and O–H groups in total. The van der Waals surface area contributed by atoms with Crippen molar-refractivity contribution in [3.05, 3.63) is 47.5 Å². The molecule has 2 heterocycles. The van der Waals surface area contributed by atoms with Crippen LogP contribution in [0.25, 0.3) is 0 Å². The highest BCUT2D eigenvalue weighted by Crippen LogP contribution is 2.20.